The van der Waals surface area contributed by atoms with Crippen molar-refractivity contribution < 1.29 is 0 Å². The molecule has 0 spiro atoms. The molecule has 100 valence electrons. The standard InChI is InChI=1S/C16H25NS/c1-13-2-4-14(5-3-13)6-7-15-8-10-16(11-9-15)17-12-18/h6-7,13-16H,2-5,8-11H2,1H3/b7-6+. The summed E-state index contributed by atoms with van der Waals surface area (Å²) in [5, 5.41) is 2.53. The molecule has 2 heteroatoms. The van der Waals surface area contributed by atoms with E-state index >= 15 is 0 Å². The van der Waals surface area contributed by atoms with Gasteiger partial charge in [-0.15, -0.1) is 0 Å². The second kappa shape index (κ2) is 7.21. The molecule has 18 heavy (non-hydrogen) atoms. The van der Waals surface area contributed by atoms with Crippen LogP contribution in [0, 0.1) is 17.8 Å². The summed E-state index contributed by atoms with van der Waals surface area (Å²) >= 11 is 4.68. The predicted molar refractivity (Wildman–Crippen MR) is 81.0 cm³/mol. The van der Waals surface area contributed by atoms with Gasteiger partial charge in [-0.25, -0.2) is 4.99 Å². The number of thiocarbonyl (C=S) groups is 1. The molecule has 0 amide bonds. The van der Waals surface area contributed by atoms with E-state index in [2.05, 4.69) is 41.4 Å². The van der Waals surface area contributed by atoms with E-state index in [-0.39, 0.29) is 0 Å². The van der Waals surface area contributed by atoms with Gasteiger partial charge in [0.1, 0.15) is 0 Å². The molecule has 1 nitrogen and oxygen atoms in total. The van der Waals surface area contributed by atoms with E-state index in [9.17, 15) is 0 Å². The quantitative estimate of drug-likeness (QED) is 0.395. The van der Waals surface area contributed by atoms with Crippen LogP contribution in [0.25, 0.3) is 0 Å². The van der Waals surface area contributed by atoms with Gasteiger partial charge >= 0.3 is 0 Å². The highest BCUT2D eigenvalue weighted by atomic mass is 32.1. The molecule has 2 fully saturated rings. The normalized spacial score (nSPS) is 37.4. The van der Waals surface area contributed by atoms with Gasteiger partial charge in [0, 0.05) is 0 Å². The Labute approximate surface area is 117 Å². The van der Waals surface area contributed by atoms with Crippen molar-refractivity contribution in [1.82, 2.24) is 0 Å². The summed E-state index contributed by atoms with van der Waals surface area (Å²) in [7, 11) is 0. The lowest BCUT2D eigenvalue weighted by atomic mass is 9.81. The van der Waals surface area contributed by atoms with Gasteiger partial charge in [0.05, 0.1) is 11.2 Å². The number of isothiocyanates is 1. The molecule has 0 aliphatic heterocycles. The van der Waals surface area contributed by atoms with E-state index in [1.54, 1.807) is 0 Å². The van der Waals surface area contributed by atoms with Crippen LogP contribution < -0.4 is 0 Å². The molecule has 0 unspecified atom stereocenters. The minimum atomic E-state index is 0.461. The van der Waals surface area contributed by atoms with Gasteiger partial charge in [-0.05, 0) is 68.5 Å². The van der Waals surface area contributed by atoms with E-state index in [1.165, 1.54) is 51.4 Å². The summed E-state index contributed by atoms with van der Waals surface area (Å²) in [4.78, 5) is 4.22. The topological polar surface area (TPSA) is 12.4 Å². The first-order valence-electron chi connectivity index (χ1n) is 7.53. The van der Waals surface area contributed by atoms with Crippen LogP contribution in [0.5, 0.6) is 0 Å². The number of allylic oxidation sites excluding steroid dienone is 2. The molecule has 0 heterocycles. The molecule has 0 atom stereocenters. The summed E-state index contributed by atoms with van der Waals surface area (Å²) < 4.78 is 0. The molecule has 0 saturated heterocycles. The zero-order chi connectivity index (χ0) is 12.8. The highest BCUT2D eigenvalue weighted by Gasteiger charge is 2.20. The fraction of sp³-hybridized carbons (Fsp3) is 0.812. The molecular weight excluding hydrogens is 238 g/mol. The van der Waals surface area contributed by atoms with E-state index in [0.717, 1.165) is 17.8 Å². The van der Waals surface area contributed by atoms with Crippen LogP contribution in [0.15, 0.2) is 17.1 Å². The molecule has 2 saturated carbocycles. The second-order valence-electron chi connectivity index (χ2n) is 6.19. The molecule has 0 radical (unpaired) electrons. The maximum Gasteiger partial charge on any atom is 0.0603 e. The Balaban J connectivity index is 1.72. The Morgan fingerprint density at radius 2 is 1.39 bits per heavy atom. The Morgan fingerprint density at radius 3 is 1.89 bits per heavy atom. The van der Waals surface area contributed by atoms with Crippen molar-refractivity contribution in [2.24, 2.45) is 22.7 Å². The lowest BCUT2D eigenvalue weighted by Crippen LogP contribution is -2.16. The molecule has 2 aliphatic carbocycles. The van der Waals surface area contributed by atoms with Crippen molar-refractivity contribution >= 4 is 17.4 Å². The zero-order valence-electron chi connectivity index (χ0n) is 11.5. The molecule has 2 aliphatic rings. The van der Waals surface area contributed by atoms with Crippen LogP contribution in [0.2, 0.25) is 0 Å². The summed E-state index contributed by atoms with van der Waals surface area (Å²) in [6.07, 6.45) is 15.6. The first-order valence-corrected chi connectivity index (χ1v) is 7.94. The first-order chi connectivity index (χ1) is 8.78. The maximum atomic E-state index is 4.68. The van der Waals surface area contributed by atoms with E-state index in [1.807, 2.05) is 0 Å². The average Bonchev–Trinajstić information content (AvgIpc) is 2.40. The molecular formula is C16H25NS. The number of aliphatic imine (C=N–C) groups is 1. The van der Waals surface area contributed by atoms with E-state index in [4.69, 9.17) is 0 Å². The Morgan fingerprint density at radius 1 is 0.889 bits per heavy atom. The summed E-state index contributed by atoms with van der Waals surface area (Å²) in [6.45, 7) is 2.39. The minimum Gasteiger partial charge on any atom is -0.229 e. The van der Waals surface area contributed by atoms with Crippen LogP contribution in [-0.2, 0) is 0 Å². The van der Waals surface area contributed by atoms with E-state index in [0.29, 0.717) is 6.04 Å². The average molecular weight is 263 g/mol. The number of nitrogens with zero attached hydrogens (tertiary/aromatic N) is 1. The highest BCUT2D eigenvalue weighted by Crippen LogP contribution is 2.31. The van der Waals surface area contributed by atoms with Crippen LogP contribution in [0.3, 0.4) is 0 Å². The van der Waals surface area contributed by atoms with Crippen molar-refractivity contribution in [3.05, 3.63) is 12.2 Å². The van der Waals surface area contributed by atoms with Gasteiger partial charge in [-0.2, -0.15) is 0 Å². The Kier molecular flexibility index (Phi) is 5.59. The summed E-state index contributed by atoms with van der Waals surface area (Å²) in [6, 6.07) is 0.461. The van der Waals surface area contributed by atoms with Gasteiger partial charge in [-0.3, -0.25) is 0 Å². The van der Waals surface area contributed by atoms with Gasteiger partial charge in [0.2, 0.25) is 0 Å². The van der Waals surface area contributed by atoms with Crippen LogP contribution >= 0.6 is 12.2 Å². The van der Waals surface area contributed by atoms with Crippen molar-refractivity contribution in [3.8, 4) is 0 Å². The largest absolute Gasteiger partial charge is 0.229 e. The Hall–Kier alpha value is -0.460. The highest BCUT2D eigenvalue weighted by molar-refractivity contribution is 7.78. The smallest absolute Gasteiger partial charge is 0.0603 e. The van der Waals surface area contributed by atoms with Gasteiger partial charge in [-0.1, -0.05) is 31.9 Å². The number of rotatable bonds is 3. The lowest BCUT2D eigenvalue weighted by molar-refractivity contribution is 0.327. The predicted octanol–water partition coefficient (Wildman–Crippen LogP) is 5.03. The maximum absolute atomic E-state index is 4.68. The summed E-state index contributed by atoms with van der Waals surface area (Å²) in [5.41, 5.74) is 0. The molecule has 0 aromatic carbocycles. The van der Waals surface area contributed by atoms with Gasteiger partial charge < -0.3 is 0 Å². The molecule has 2 rings (SSSR count). The van der Waals surface area contributed by atoms with E-state index < -0.39 is 0 Å². The van der Waals surface area contributed by atoms with Gasteiger partial charge in [0.15, 0.2) is 0 Å². The first kappa shape index (κ1) is 14.0. The third-order valence-electron chi connectivity index (χ3n) is 4.69. The molecule has 0 N–H and O–H groups in total. The third-order valence-corrected chi connectivity index (χ3v) is 4.80. The molecule has 0 aromatic rings. The van der Waals surface area contributed by atoms with Crippen LogP contribution in [0.4, 0.5) is 0 Å². The third kappa shape index (κ3) is 4.33. The fourth-order valence-electron chi connectivity index (χ4n) is 3.29. The monoisotopic (exact) mass is 263 g/mol. The zero-order valence-corrected chi connectivity index (χ0v) is 12.3. The number of hydrogen-bond acceptors (Lipinski definition) is 2. The Bertz CT molecular complexity index is 314. The SMILES string of the molecule is CC1CCC(/C=C/C2CCC(N=C=S)CC2)CC1. The summed E-state index contributed by atoms with van der Waals surface area (Å²) in [5.74, 6) is 2.61. The van der Waals surface area contributed by atoms with Crippen molar-refractivity contribution in [3.63, 3.8) is 0 Å². The van der Waals surface area contributed by atoms with Crippen molar-refractivity contribution in [2.45, 2.75) is 64.3 Å². The minimum absolute atomic E-state index is 0.461. The van der Waals surface area contributed by atoms with Crippen LogP contribution in [0.1, 0.15) is 58.3 Å². The van der Waals surface area contributed by atoms with Crippen molar-refractivity contribution in [2.75, 3.05) is 0 Å². The fourth-order valence-corrected chi connectivity index (χ4v) is 3.44. The lowest BCUT2D eigenvalue weighted by Gasteiger charge is -2.26. The van der Waals surface area contributed by atoms with Crippen molar-refractivity contribution in [1.29, 1.82) is 0 Å². The van der Waals surface area contributed by atoms with Gasteiger partial charge in [0.25, 0.3) is 0 Å². The number of hydrogen-bond donors (Lipinski definition) is 0. The van der Waals surface area contributed by atoms with Crippen LogP contribution in [-0.4, -0.2) is 11.2 Å². The molecule has 0 bridgehead atoms. The molecule has 0 aromatic heterocycles. The second-order valence-corrected chi connectivity index (χ2v) is 6.38.